The van der Waals surface area contributed by atoms with Crippen LogP contribution in [-0.2, 0) is 24.7 Å². The molecule has 5 aromatic carbocycles. The Morgan fingerprint density at radius 2 is 1.56 bits per heavy atom. The van der Waals surface area contributed by atoms with Crippen molar-refractivity contribution in [1.82, 2.24) is 4.57 Å². The fourth-order valence-corrected chi connectivity index (χ4v) is 9.60. The molecule has 0 spiro atoms. The molecular weight excluding hydrogens is 627 g/mol. The van der Waals surface area contributed by atoms with Gasteiger partial charge < -0.3 is 4.57 Å². The number of hydrogen-bond acceptors (Lipinski definition) is 0. The van der Waals surface area contributed by atoms with Gasteiger partial charge in [0, 0.05) is 22.0 Å². The van der Waals surface area contributed by atoms with E-state index in [1.54, 1.807) is 0 Å². The quantitative estimate of drug-likeness (QED) is 0.164. The summed E-state index contributed by atoms with van der Waals surface area (Å²) < 4.78 is 2.59. The van der Waals surface area contributed by atoms with E-state index < -0.39 is 0 Å². The molecule has 0 saturated carbocycles. The highest BCUT2D eigenvalue weighted by atomic mass is 15.0. The van der Waals surface area contributed by atoms with Gasteiger partial charge in [0.1, 0.15) is 0 Å². The molecule has 1 heteroatoms. The highest BCUT2D eigenvalue weighted by Crippen LogP contribution is 2.51. The SMILES string of the molecule is CC/C=C(/c1ccc2c(c1)C/C=C\C(n1c3c(c4cc5c(cc41)C(C)(C)c1ccccc1-5)CC=CC=C3)C=C2)c1cccc2c1Cc1ccccc1-2. The monoisotopic (exact) mass is 669 g/mol. The molecule has 252 valence electrons. The summed E-state index contributed by atoms with van der Waals surface area (Å²) in [6, 6.07) is 37.0. The maximum Gasteiger partial charge on any atom is 0.0709 e. The topological polar surface area (TPSA) is 4.93 Å². The maximum absolute atomic E-state index is 2.59. The molecule has 0 radical (unpaired) electrons. The van der Waals surface area contributed by atoms with E-state index in [0.29, 0.717) is 0 Å². The van der Waals surface area contributed by atoms with Crippen molar-refractivity contribution in [2.75, 3.05) is 0 Å². The molecule has 0 bridgehead atoms. The summed E-state index contributed by atoms with van der Waals surface area (Å²) in [4.78, 5) is 0. The Kier molecular flexibility index (Phi) is 7.15. The van der Waals surface area contributed by atoms with Gasteiger partial charge in [-0.3, -0.25) is 0 Å². The minimum atomic E-state index is -0.0412. The van der Waals surface area contributed by atoms with Crippen molar-refractivity contribution in [3.8, 4) is 22.3 Å². The van der Waals surface area contributed by atoms with E-state index in [4.69, 9.17) is 0 Å². The molecule has 0 N–H and O–H groups in total. The highest BCUT2D eigenvalue weighted by molar-refractivity contribution is 5.97. The number of benzene rings is 5. The molecule has 4 aliphatic rings. The van der Waals surface area contributed by atoms with Crippen LogP contribution in [0.1, 0.15) is 89.0 Å². The minimum absolute atomic E-state index is 0.0412. The molecule has 0 aliphatic heterocycles. The Labute approximate surface area is 307 Å². The first kappa shape index (κ1) is 31.1. The molecule has 0 amide bonds. The van der Waals surface area contributed by atoms with Crippen LogP contribution in [0, 0.1) is 0 Å². The lowest BCUT2D eigenvalue weighted by atomic mass is 9.82. The molecule has 0 fully saturated rings. The van der Waals surface area contributed by atoms with Crippen LogP contribution in [0.3, 0.4) is 0 Å². The summed E-state index contributed by atoms with van der Waals surface area (Å²) in [7, 11) is 0. The predicted molar refractivity (Wildman–Crippen MR) is 221 cm³/mol. The number of fused-ring (bicyclic) bond motifs is 10. The summed E-state index contributed by atoms with van der Waals surface area (Å²) in [5, 5.41) is 1.37. The Balaban J connectivity index is 1.05. The predicted octanol–water partition coefficient (Wildman–Crippen LogP) is 12.9. The standard InChI is InChI=1S/C51H43N/c1-4-14-38(40-21-13-22-41-39-18-9-8-15-35(39)30-44(40)41)36-26-25-33-27-28-37(17-12-16-34(33)29-36)52-49-24-7-5-6-20-43(49)46-31-45-42-19-10-11-23-47(42)51(2,3)48(45)32-50(46)52/h5-15,17-19,21-29,31-32,37H,4,16,20,30H2,1-3H3/b17-12-,28-27?,38-14-. The Morgan fingerprint density at radius 1 is 0.712 bits per heavy atom. The van der Waals surface area contributed by atoms with Crippen LogP contribution >= 0.6 is 0 Å². The van der Waals surface area contributed by atoms with Gasteiger partial charge in [-0.1, -0.05) is 154 Å². The molecule has 10 rings (SSSR count). The fourth-order valence-electron chi connectivity index (χ4n) is 9.60. The zero-order valence-electron chi connectivity index (χ0n) is 30.3. The molecule has 1 unspecified atom stereocenters. The molecule has 1 nitrogen and oxygen atoms in total. The van der Waals surface area contributed by atoms with Gasteiger partial charge >= 0.3 is 0 Å². The Morgan fingerprint density at radius 3 is 2.46 bits per heavy atom. The zero-order valence-corrected chi connectivity index (χ0v) is 30.3. The number of aromatic nitrogens is 1. The maximum atomic E-state index is 2.59. The lowest BCUT2D eigenvalue weighted by molar-refractivity contribution is 0.659. The lowest BCUT2D eigenvalue weighted by Gasteiger charge is -2.23. The molecule has 1 aromatic heterocycles. The van der Waals surface area contributed by atoms with Gasteiger partial charge in [-0.25, -0.2) is 0 Å². The van der Waals surface area contributed by atoms with Gasteiger partial charge in [0.05, 0.1) is 6.04 Å². The molecule has 1 heterocycles. The van der Waals surface area contributed by atoms with Crippen molar-refractivity contribution in [3.63, 3.8) is 0 Å². The van der Waals surface area contributed by atoms with Gasteiger partial charge in [0.25, 0.3) is 0 Å². The van der Waals surface area contributed by atoms with Crippen LogP contribution in [0.5, 0.6) is 0 Å². The summed E-state index contributed by atoms with van der Waals surface area (Å²) in [6.07, 6.45) is 24.9. The molecule has 0 saturated heterocycles. The van der Waals surface area contributed by atoms with Crippen molar-refractivity contribution < 1.29 is 0 Å². The van der Waals surface area contributed by atoms with Gasteiger partial charge in [-0.15, -0.1) is 0 Å². The fraction of sp³-hybridized carbons (Fsp3) is 0.176. The second-order valence-electron chi connectivity index (χ2n) is 15.4. The van der Waals surface area contributed by atoms with Crippen molar-refractivity contribution in [1.29, 1.82) is 0 Å². The Bertz CT molecular complexity index is 2610. The second-order valence-corrected chi connectivity index (χ2v) is 15.4. The van der Waals surface area contributed by atoms with Gasteiger partial charge in [-0.05, 0) is 122 Å². The van der Waals surface area contributed by atoms with E-state index in [1.807, 2.05) is 0 Å². The van der Waals surface area contributed by atoms with Gasteiger partial charge in [0.2, 0.25) is 0 Å². The summed E-state index contributed by atoms with van der Waals surface area (Å²) in [5.74, 6) is 0. The first-order valence-electron chi connectivity index (χ1n) is 19.0. The normalized spacial score (nSPS) is 18.1. The Hall–Kier alpha value is -5.66. The highest BCUT2D eigenvalue weighted by Gasteiger charge is 2.36. The van der Waals surface area contributed by atoms with E-state index in [1.165, 1.54) is 94.5 Å². The second kappa shape index (κ2) is 12.0. The lowest BCUT2D eigenvalue weighted by Crippen LogP contribution is -2.15. The number of nitrogens with zero attached hydrogens (tertiary/aromatic N) is 1. The first-order chi connectivity index (χ1) is 25.5. The zero-order chi connectivity index (χ0) is 35.0. The first-order valence-corrected chi connectivity index (χ1v) is 19.0. The van der Waals surface area contributed by atoms with E-state index in [0.717, 1.165) is 25.7 Å². The van der Waals surface area contributed by atoms with Crippen LogP contribution in [0.15, 0.2) is 140 Å². The van der Waals surface area contributed by atoms with Crippen molar-refractivity contribution in [2.24, 2.45) is 0 Å². The smallest absolute Gasteiger partial charge is 0.0709 e. The third kappa shape index (κ3) is 4.68. The van der Waals surface area contributed by atoms with Crippen molar-refractivity contribution >= 4 is 28.6 Å². The van der Waals surface area contributed by atoms with Gasteiger partial charge in [-0.2, -0.15) is 0 Å². The van der Waals surface area contributed by atoms with E-state index in [9.17, 15) is 0 Å². The van der Waals surface area contributed by atoms with E-state index in [2.05, 4.69) is 177 Å². The third-order valence-corrected chi connectivity index (χ3v) is 12.1. The molecule has 52 heavy (non-hydrogen) atoms. The van der Waals surface area contributed by atoms with Gasteiger partial charge in [0.15, 0.2) is 0 Å². The third-order valence-electron chi connectivity index (χ3n) is 12.1. The number of rotatable bonds is 4. The number of allylic oxidation sites excluding steroid dienone is 7. The molecule has 4 aliphatic carbocycles. The van der Waals surface area contributed by atoms with E-state index >= 15 is 0 Å². The molecular formula is C51H43N. The van der Waals surface area contributed by atoms with Crippen molar-refractivity contribution in [2.45, 2.75) is 57.9 Å². The van der Waals surface area contributed by atoms with Crippen molar-refractivity contribution in [3.05, 3.63) is 195 Å². The average Bonchev–Trinajstić information content (AvgIpc) is 3.66. The van der Waals surface area contributed by atoms with Crippen LogP contribution in [0.2, 0.25) is 0 Å². The number of hydrogen-bond donors (Lipinski definition) is 0. The van der Waals surface area contributed by atoms with Crippen LogP contribution in [0.25, 0.3) is 50.9 Å². The van der Waals surface area contributed by atoms with Crippen LogP contribution in [-0.4, -0.2) is 4.57 Å². The largest absolute Gasteiger partial charge is 0.330 e. The molecule has 6 aromatic rings. The summed E-state index contributed by atoms with van der Waals surface area (Å²) in [5.41, 5.74) is 22.0. The molecule has 1 atom stereocenters. The minimum Gasteiger partial charge on any atom is -0.330 e. The van der Waals surface area contributed by atoms with E-state index in [-0.39, 0.29) is 11.5 Å². The average molecular weight is 670 g/mol. The summed E-state index contributed by atoms with van der Waals surface area (Å²) in [6.45, 7) is 7.02. The summed E-state index contributed by atoms with van der Waals surface area (Å²) >= 11 is 0. The van der Waals surface area contributed by atoms with Crippen LogP contribution < -0.4 is 0 Å². The van der Waals surface area contributed by atoms with Crippen LogP contribution in [0.4, 0.5) is 0 Å².